The van der Waals surface area contributed by atoms with Gasteiger partial charge >= 0.3 is 6.09 Å². The Labute approximate surface area is 159 Å². The van der Waals surface area contributed by atoms with Gasteiger partial charge in [0.05, 0.1) is 20.9 Å². The van der Waals surface area contributed by atoms with Crippen molar-refractivity contribution in [3.05, 3.63) is 44.9 Å². The van der Waals surface area contributed by atoms with Gasteiger partial charge in [0.2, 0.25) is 0 Å². The smallest absolute Gasteiger partial charge is 0.414 e. The van der Waals surface area contributed by atoms with Crippen LogP contribution < -0.4 is 4.90 Å². The SMILES string of the molecule is CN(C(=O)OC(C)(C)C)c1cc(F)c(Br)c2c1Cc1ncc(Cl)cc1-2. The number of nitrogens with zero attached hydrogens (tertiary/aromatic N) is 2. The fraction of sp³-hybridized carbons (Fsp3) is 0.333. The lowest BCUT2D eigenvalue weighted by Crippen LogP contribution is -2.34. The highest BCUT2D eigenvalue weighted by Gasteiger charge is 2.31. The van der Waals surface area contributed by atoms with Crippen LogP contribution in [0.1, 0.15) is 32.0 Å². The maximum atomic E-state index is 14.5. The number of rotatable bonds is 1. The standard InChI is InChI=1S/C18H17BrClFN2O2/c1-18(2,3)25-17(24)23(4)14-7-12(21)16(19)15-10-5-9(20)8-22-13(10)6-11(14)15/h5,7-8H,6H2,1-4H3. The Morgan fingerprint density at radius 1 is 1.40 bits per heavy atom. The van der Waals surface area contributed by atoms with E-state index in [1.165, 1.54) is 11.0 Å². The third-order valence-corrected chi connectivity index (χ3v) is 4.86. The Morgan fingerprint density at radius 3 is 2.72 bits per heavy atom. The topological polar surface area (TPSA) is 42.4 Å². The molecule has 4 nitrogen and oxygen atoms in total. The van der Waals surface area contributed by atoms with Gasteiger partial charge in [0.1, 0.15) is 11.4 Å². The van der Waals surface area contributed by atoms with Crippen LogP contribution in [0.15, 0.2) is 22.8 Å². The minimum Gasteiger partial charge on any atom is -0.443 e. The molecule has 25 heavy (non-hydrogen) atoms. The Bertz CT molecular complexity index is 880. The van der Waals surface area contributed by atoms with Gasteiger partial charge in [-0.1, -0.05) is 11.6 Å². The fourth-order valence-corrected chi connectivity index (χ4v) is 3.56. The molecule has 0 saturated carbocycles. The quantitative estimate of drug-likeness (QED) is 0.509. The zero-order valence-electron chi connectivity index (χ0n) is 14.3. The largest absolute Gasteiger partial charge is 0.443 e. The summed E-state index contributed by atoms with van der Waals surface area (Å²) in [4.78, 5) is 18.1. The molecule has 1 aliphatic rings. The molecule has 1 amide bonds. The Hall–Kier alpha value is -1.66. The van der Waals surface area contributed by atoms with E-state index >= 15 is 0 Å². The molecule has 0 atom stereocenters. The number of hydrogen-bond acceptors (Lipinski definition) is 3. The second kappa shape index (κ2) is 6.25. The molecule has 0 radical (unpaired) electrons. The highest BCUT2D eigenvalue weighted by Crippen LogP contribution is 2.46. The first-order valence-electron chi connectivity index (χ1n) is 7.71. The van der Waals surface area contributed by atoms with Crippen LogP contribution >= 0.6 is 27.5 Å². The van der Waals surface area contributed by atoms with E-state index in [0.29, 0.717) is 27.2 Å². The minimum absolute atomic E-state index is 0.339. The van der Waals surface area contributed by atoms with E-state index in [9.17, 15) is 9.18 Å². The van der Waals surface area contributed by atoms with Gasteiger partial charge in [-0.05, 0) is 54.4 Å². The Morgan fingerprint density at radius 2 is 2.08 bits per heavy atom. The lowest BCUT2D eigenvalue weighted by atomic mass is 10.0. The molecule has 0 bridgehead atoms. The number of benzene rings is 1. The fourth-order valence-electron chi connectivity index (χ4n) is 2.83. The summed E-state index contributed by atoms with van der Waals surface area (Å²) in [6, 6.07) is 3.09. The van der Waals surface area contributed by atoms with E-state index in [-0.39, 0.29) is 0 Å². The van der Waals surface area contributed by atoms with E-state index in [0.717, 1.165) is 16.8 Å². The number of ether oxygens (including phenoxy) is 1. The number of fused-ring (bicyclic) bond motifs is 3. The van der Waals surface area contributed by atoms with Crippen LogP contribution in [0.2, 0.25) is 5.02 Å². The minimum atomic E-state index is -0.638. The van der Waals surface area contributed by atoms with Crippen molar-refractivity contribution < 1.29 is 13.9 Å². The zero-order valence-corrected chi connectivity index (χ0v) is 16.6. The highest BCUT2D eigenvalue weighted by molar-refractivity contribution is 9.10. The molecular formula is C18H17BrClFN2O2. The lowest BCUT2D eigenvalue weighted by molar-refractivity contribution is 0.0589. The number of pyridine rings is 1. The van der Waals surface area contributed by atoms with Crippen molar-refractivity contribution in [1.82, 2.24) is 4.98 Å². The molecule has 0 N–H and O–H groups in total. The van der Waals surface area contributed by atoms with E-state index in [1.54, 1.807) is 40.1 Å². The summed E-state index contributed by atoms with van der Waals surface area (Å²) in [6.07, 6.45) is 1.51. The molecule has 1 heterocycles. The second-order valence-corrected chi connectivity index (χ2v) is 8.14. The molecule has 0 aliphatic heterocycles. The van der Waals surface area contributed by atoms with E-state index in [2.05, 4.69) is 20.9 Å². The van der Waals surface area contributed by atoms with Gasteiger partial charge in [0.15, 0.2) is 0 Å². The summed E-state index contributed by atoms with van der Waals surface area (Å²) >= 11 is 9.37. The van der Waals surface area contributed by atoms with E-state index in [4.69, 9.17) is 16.3 Å². The summed E-state index contributed by atoms with van der Waals surface area (Å²) in [5, 5.41) is 0.477. The monoisotopic (exact) mass is 426 g/mol. The van der Waals surface area contributed by atoms with Crippen LogP contribution in [0.4, 0.5) is 14.9 Å². The molecule has 2 aromatic rings. The van der Waals surface area contributed by atoms with Gasteiger partial charge in [-0.3, -0.25) is 9.88 Å². The summed E-state index contributed by atoms with van der Waals surface area (Å²) in [5.74, 6) is -0.461. The molecular weight excluding hydrogens is 411 g/mol. The molecule has 0 unspecified atom stereocenters. The number of anilines is 1. The predicted molar refractivity (Wildman–Crippen MR) is 99.8 cm³/mol. The van der Waals surface area contributed by atoms with E-state index in [1.807, 2.05) is 0 Å². The van der Waals surface area contributed by atoms with Crippen LogP contribution in [-0.4, -0.2) is 23.7 Å². The predicted octanol–water partition coefficient (Wildman–Crippen LogP) is 5.58. The molecule has 3 rings (SSSR count). The van der Waals surface area contributed by atoms with Gasteiger partial charge in [0.25, 0.3) is 0 Å². The first-order valence-corrected chi connectivity index (χ1v) is 8.88. The summed E-state index contributed by atoms with van der Waals surface area (Å²) in [5.41, 5.74) is 2.87. The van der Waals surface area contributed by atoms with Gasteiger partial charge in [-0.2, -0.15) is 0 Å². The van der Waals surface area contributed by atoms with Crippen LogP contribution in [0, 0.1) is 5.82 Å². The molecule has 0 spiro atoms. The Kier molecular flexibility index (Phi) is 4.54. The molecule has 0 fully saturated rings. The normalized spacial score (nSPS) is 12.6. The van der Waals surface area contributed by atoms with Gasteiger partial charge in [-0.25, -0.2) is 9.18 Å². The van der Waals surface area contributed by atoms with Gasteiger partial charge in [-0.15, -0.1) is 0 Å². The summed E-state index contributed by atoms with van der Waals surface area (Å²) in [7, 11) is 1.57. The number of halogens is 3. The molecule has 0 saturated heterocycles. The van der Waals surface area contributed by atoms with Crippen molar-refractivity contribution >= 4 is 39.3 Å². The maximum absolute atomic E-state index is 14.5. The van der Waals surface area contributed by atoms with Crippen molar-refractivity contribution in [3.63, 3.8) is 0 Å². The van der Waals surface area contributed by atoms with Crippen molar-refractivity contribution in [1.29, 1.82) is 0 Å². The molecule has 1 aromatic heterocycles. The number of aromatic nitrogens is 1. The first kappa shape index (κ1) is 18.1. The van der Waals surface area contributed by atoms with Crippen LogP contribution in [0.3, 0.4) is 0 Å². The Balaban J connectivity index is 2.11. The second-order valence-electron chi connectivity index (χ2n) is 6.91. The third-order valence-electron chi connectivity index (χ3n) is 3.88. The third kappa shape index (κ3) is 3.37. The molecule has 1 aliphatic carbocycles. The molecule has 7 heteroatoms. The number of carbonyl (C=O) groups excluding carboxylic acids is 1. The van der Waals surface area contributed by atoms with Gasteiger partial charge in [0, 0.05) is 30.8 Å². The average molecular weight is 428 g/mol. The molecule has 132 valence electrons. The van der Waals surface area contributed by atoms with Gasteiger partial charge < -0.3 is 4.74 Å². The van der Waals surface area contributed by atoms with E-state index < -0.39 is 17.5 Å². The van der Waals surface area contributed by atoms with Crippen LogP contribution in [0.25, 0.3) is 11.1 Å². The molecule has 1 aromatic carbocycles. The van der Waals surface area contributed by atoms with Crippen molar-refractivity contribution in [3.8, 4) is 11.1 Å². The average Bonchev–Trinajstić information content (AvgIpc) is 2.87. The zero-order chi connectivity index (χ0) is 18.5. The lowest BCUT2D eigenvalue weighted by Gasteiger charge is -2.26. The van der Waals surface area contributed by atoms with Crippen molar-refractivity contribution in [2.24, 2.45) is 0 Å². The highest BCUT2D eigenvalue weighted by atomic mass is 79.9. The first-order chi connectivity index (χ1) is 11.6. The summed E-state index contributed by atoms with van der Waals surface area (Å²) in [6.45, 7) is 5.35. The number of carbonyl (C=O) groups is 1. The number of amides is 1. The summed E-state index contributed by atoms with van der Waals surface area (Å²) < 4.78 is 20.2. The maximum Gasteiger partial charge on any atom is 0.414 e. The number of hydrogen-bond donors (Lipinski definition) is 0. The van der Waals surface area contributed by atoms with Crippen molar-refractivity contribution in [2.75, 3.05) is 11.9 Å². The van der Waals surface area contributed by atoms with Crippen LogP contribution in [-0.2, 0) is 11.2 Å². The van der Waals surface area contributed by atoms with Crippen molar-refractivity contribution in [2.45, 2.75) is 32.8 Å². The van der Waals surface area contributed by atoms with Crippen LogP contribution in [0.5, 0.6) is 0 Å².